The van der Waals surface area contributed by atoms with Gasteiger partial charge in [-0.1, -0.05) is 60.2 Å². The molecular formula is C25H20N4O2S. The maximum absolute atomic E-state index is 12.4. The average molecular weight is 441 g/mol. The van der Waals surface area contributed by atoms with Crippen molar-refractivity contribution in [2.45, 2.75) is 19.8 Å². The van der Waals surface area contributed by atoms with Gasteiger partial charge in [0.05, 0.1) is 5.69 Å². The van der Waals surface area contributed by atoms with Gasteiger partial charge in [-0.05, 0) is 29.8 Å². The Balaban J connectivity index is 1.22. The Morgan fingerprint density at radius 1 is 1.00 bits per heavy atom. The van der Waals surface area contributed by atoms with E-state index in [4.69, 9.17) is 4.42 Å². The second kappa shape index (κ2) is 8.72. The summed E-state index contributed by atoms with van der Waals surface area (Å²) in [7, 11) is 0. The number of carbonyl (C=O) groups excluding carboxylic acids is 1. The van der Waals surface area contributed by atoms with Gasteiger partial charge in [0, 0.05) is 29.3 Å². The summed E-state index contributed by atoms with van der Waals surface area (Å²) in [6.45, 7) is 2.02. The molecule has 0 saturated carbocycles. The number of benzene rings is 3. The monoisotopic (exact) mass is 440 g/mol. The molecule has 0 aliphatic carbocycles. The summed E-state index contributed by atoms with van der Waals surface area (Å²) in [6, 6.07) is 22.2. The Bertz CT molecular complexity index is 1380. The zero-order chi connectivity index (χ0) is 21.9. The van der Waals surface area contributed by atoms with Crippen LogP contribution in [0, 0.1) is 6.92 Å². The zero-order valence-corrected chi connectivity index (χ0v) is 18.2. The number of thiazole rings is 1. The standard InChI is InChI=1S/C25H20N4O2S/c1-16-9-11-18(12-10-16)24-29-28-23(31-24)14-13-22(30)27-25-26-21(15-32-25)20-8-4-6-17-5-2-3-7-19(17)20/h2-12,15H,13-14H2,1H3,(H,26,27,30). The molecule has 1 N–H and O–H groups in total. The van der Waals surface area contributed by atoms with E-state index in [0.717, 1.165) is 33.2 Å². The van der Waals surface area contributed by atoms with E-state index in [1.165, 1.54) is 11.3 Å². The second-order valence-corrected chi connectivity index (χ2v) is 8.34. The fourth-order valence-corrected chi connectivity index (χ4v) is 4.20. The van der Waals surface area contributed by atoms with Crippen molar-refractivity contribution < 1.29 is 9.21 Å². The van der Waals surface area contributed by atoms with Gasteiger partial charge in [-0.15, -0.1) is 21.5 Å². The summed E-state index contributed by atoms with van der Waals surface area (Å²) in [4.78, 5) is 17.0. The molecule has 0 bridgehead atoms. The minimum absolute atomic E-state index is 0.140. The minimum Gasteiger partial charge on any atom is -0.421 e. The highest BCUT2D eigenvalue weighted by atomic mass is 32.1. The van der Waals surface area contributed by atoms with Crippen LogP contribution in [0.3, 0.4) is 0 Å². The molecule has 32 heavy (non-hydrogen) atoms. The summed E-state index contributed by atoms with van der Waals surface area (Å²) < 4.78 is 5.70. The highest BCUT2D eigenvalue weighted by molar-refractivity contribution is 7.14. The summed E-state index contributed by atoms with van der Waals surface area (Å²) in [5.41, 5.74) is 3.93. The molecule has 0 aliphatic heterocycles. The first kappa shape index (κ1) is 20.1. The number of hydrogen-bond donors (Lipinski definition) is 1. The molecule has 0 fully saturated rings. The molecule has 1 amide bonds. The number of hydrogen-bond acceptors (Lipinski definition) is 6. The molecule has 0 saturated heterocycles. The predicted molar refractivity (Wildman–Crippen MR) is 126 cm³/mol. The van der Waals surface area contributed by atoms with Crippen molar-refractivity contribution in [3.8, 4) is 22.7 Å². The fraction of sp³-hybridized carbons (Fsp3) is 0.120. The lowest BCUT2D eigenvalue weighted by atomic mass is 10.0. The lowest BCUT2D eigenvalue weighted by Gasteiger charge is -2.03. The molecule has 0 atom stereocenters. The van der Waals surface area contributed by atoms with Crippen molar-refractivity contribution in [1.82, 2.24) is 15.2 Å². The van der Waals surface area contributed by atoms with E-state index >= 15 is 0 Å². The number of aromatic nitrogens is 3. The number of aryl methyl sites for hydroxylation is 2. The normalized spacial score (nSPS) is 11.0. The Morgan fingerprint density at radius 3 is 2.69 bits per heavy atom. The SMILES string of the molecule is Cc1ccc(-c2nnc(CCC(=O)Nc3nc(-c4cccc5ccccc45)cs3)o2)cc1. The second-order valence-electron chi connectivity index (χ2n) is 7.48. The summed E-state index contributed by atoms with van der Waals surface area (Å²) in [6.07, 6.45) is 0.602. The molecule has 0 spiro atoms. The molecule has 0 aliphatic rings. The molecule has 158 valence electrons. The Morgan fingerprint density at radius 2 is 1.81 bits per heavy atom. The number of carbonyl (C=O) groups is 1. The quantitative estimate of drug-likeness (QED) is 0.356. The van der Waals surface area contributed by atoms with E-state index in [0.29, 0.717) is 23.3 Å². The lowest BCUT2D eigenvalue weighted by Crippen LogP contribution is -2.12. The van der Waals surface area contributed by atoms with E-state index in [-0.39, 0.29) is 12.3 Å². The molecule has 0 radical (unpaired) electrons. The number of fused-ring (bicyclic) bond motifs is 1. The van der Waals surface area contributed by atoms with Crippen molar-refractivity contribution in [2.75, 3.05) is 5.32 Å². The largest absolute Gasteiger partial charge is 0.421 e. The maximum atomic E-state index is 12.4. The van der Waals surface area contributed by atoms with Gasteiger partial charge in [0.1, 0.15) is 0 Å². The number of anilines is 1. The average Bonchev–Trinajstić information content (AvgIpc) is 3.48. The Hall–Kier alpha value is -3.84. The molecule has 2 heterocycles. The minimum atomic E-state index is -0.140. The van der Waals surface area contributed by atoms with Crippen molar-refractivity contribution in [3.63, 3.8) is 0 Å². The summed E-state index contributed by atoms with van der Waals surface area (Å²) >= 11 is 1.41. The van der Waals surface area contributed by atoms with Crippen molar-refractivity contribution in [2.24, 2.45) is 0 Å². The van der Waals surface area contributed by atoms with Crippen LogP contribution in [-0.4, -0.2) is 21.1 Å². The van der Waals surface area contributed by atoms with Gasteiger partial charge in [-0.2, -0.15) is 0 Å². The number of nitrogens with one attached hydrogen (secondary N) is 1. The van der Waals surface area contributed by atoms with E-state index in [1.54, 1.807) is 0 Å². The molecule has 7 heteroatoms. The van der Waals surface area contributed by atoms with Gasteiger partial charge in [-0.25, -0.2) is 4.98 Å². The molecule has 2 aromatic heterocycles. The topological polar surface area (TPSA) is 80.9 Å². The number of amides is 1. The van der Waals surface area contributed by atoms with Gasteiger partial charge >= 0.3 is 0 Å². The van der Waals surface area contributed by atoms with Crippen LogP contribution in [0.5, 0.6) is 0 Å². The smallest absolute Gasteiger partial charge is 0.247 e. The van der Waals surface area contributed by atoms with Gasteiger partial charge in [0.15, 0.2) is 5.13 Å². The Kier molecular flexibility index (Phi) is 5.47. The fourth-order valence-electron chi connectivity index (χ4n) is 3.47. The third-order valence-corrected chi connectivity index (χ3v) is 5.91. The highest BCUT2D eigenvalue weighted by Gasteiger charge is 2.13. The highest BCUT2D eigenvalue weighted by Crippen LogP contribution is 2.31. The van der Waals surface area contributed by atoms with Gasteiger partial charge in [-0.3, -0.25) is 4.79 Å². The predicted octanol–water partition coefficient (Wildman–Crippen LogP) is 5.89. The zero-order valence-electron chi connectivity index (χ0n) is 17.4. The van der Waals surface area contributed by atoms with Crippen molar-refractivity contribution in [1.29, 1.82) is 0 Å². The maximum Gasteiger partial charge on any atom is 0.247 e. The summed E-state index contributed by atoms with van der Waals surface area (Å²) in [5, 5.41) is 15.8. The van der Waals surface area contributed by atoms with Crippen LogP contribution in [0.4, 0.5) is 5.13 Å². The van der Waals surface area contributed by atoms with Crippen LogP contribution < -0.4 is 5.32 Å². The van der Waals surface area contributed by atoms with Crippen LogP contribution >= 0.6 is 11.3 Å². The molecule has 3 aromatic carbocycles. The van der Waals surface area contributed by atoms with Crippen molar-refractivity contribution >= 4 is 33.1 Å². The van der Waals surface area contributed by atoms with Gasteiger partial charge in [0.2, 0.25) is 17.7 Å². The molecule has 0 unspecified atom stereocenters. The molecule has 5 aromatic rings. The van der Waals surface area contributed by atoms with Crippen LogP contribution in [0.2, 0.25) is 0 Å². The van der Waals surface area contributed by atoms with E-state index in [2.05, 4.69) is 38.7 Å². The van der Waals surface area contributed by atoms with Gasteiger partial charge in [0.25, 0.3) is 0 Å². The van der Waals surface area contributed by atoms with Gasteiger partial charge < -0.3 is 9.73 Å². The third-order valence-electron chi connectivity index (χ3n) is 5.15. The molecule has 5 rings (SSSR count). The first-order valence-electron chi connectivity index (χ1n) is 10.3. The van der Waals surface area contributed by atoms with E-state index in [1.807, 2.05) is 60.8 Å². The van der Waals surface area contributed by atoms with E-state index < -0.39 is 0 Å². The van der Waals surface area contributed by atoms with Crippen molar-refractivity contribution in [3.05, 3.63) is 83.6 Å². The third kappa shape index (κ3) is 4.29. The molecular weight excluding hydrogens is 420 g/mol. The number of rotatable bonds is 6. The first-order valence-corrected chi connectivity index (χ1v) is 11.2. The van der Waals surface area contributed by atoms with Crippen LogP contribution in [0.1, 0.15) is 17.9 Å². The Labute approximate surface area is 189 Å². The number of nitrogens with zero attached hydrogens (tertiary/aromatic N) is 3. The lowest BCUT2D eigenvalue weighted by molar-refractivity contribution is -0.116. The van der Waals surface area contributed by atoms with Crippen LogP contribution in [0.25, 0.3) is 33.5 Å². The molecule has 6 nitrogen and oxygen atoms in total. The first-order chi connectivity index (χ1) is 15.7. The van der Waals surface area contributed by atoms with Crippen LogP contribution in [0.15, 0.2) is 76.5 Å². The summed E-state index contributed by atoms with van der Waals surface area (Å²) in [5.74, 6) is 0.755. The van der Waals surface area contributed by atoms with Crippen LogP contribution in [-0.2, 0) is 11.2 Å². The van der Waals surface area contributed by atoms with E-state index in [9.17, 15) is 4.79 Å².